The van der Waals surface area contributed by atoms with Crippen molar-refractivity contribution in [3.8, 4) is 0 Å². The van der Waals surface area contributed by atoms with Gasteiger partial charge in [0.2, 0.25) is 0 Å². The molecule has 1 heterocycles. The van der Waals surface area contributed by atoms with E-state index in [0.717, 1.165) is 31.5 Å². The second kappa shape index (κ2) is 3.94. The smallest absolute Gasteiger partial charge is 0.0666 e. The van der Waals surface area contributed by atoms with Crippen molar-refractivity contribution in [2.75, 3.05) is 6.61 Å². The van der Waals surface area contributed by atoms with Gasteiger partial charge in [-0.15, -0.1) is 0 Å². The van der Waals surface area contributed by atoms with E-state index in [1.54, 1.807) is 0 Å². The molecule has 0 bridgehead atoms. The number of aryl methyl sites for hydroxylation is 2. The van der Waals surface area contributed by atoms with Crippen LogP contribution in [-0.4, -0.2) is 27.0 Å². The molecule has 0 aliphatic heterocycles. The van der Waals surface area contributed by atoms with E-state index in [0.29, 0.717) is 0 Å². The second-order valence-electron chi connectivity index (χ2n) is 4.42. The van der Waals surface area contributed by atoms with Gasteiger partial charge in [0.25, 0.3) is 0 Å². The van der Waals surface area contributed by atoms with Gasteiger partial charge in [-0.2, -0.15) is 5.10 Å². The minimum atomic E-state index is 0.0147. The van der Waals surface area contributed by atoms with Crippen LogP contribution in [0.1, 0.15) is 31.0 Å². The van der Waals surface area contributed by atoms with Crippen LogP contribution >= 0.6 is 0 Å². The molecule has 1 aliphatic carbocycles. The molecule has 4 heteroatoms. The van der Waals surface area contributed by atoms with E-state index < -0.39 is 0 Å². The lowest BCUT2D eigenvalue weighted by atomic mass is 10.2. The van der Waals surface area contributed by atoms with Crippen LogP contribution in [0.25, 0.3) is 0 Å². The lowest BCUT2D eigenvalue weighted by Gasteiger charge is -2.13. The molecule has 1 saturated carbocycles. The summed E-state index contributed by atoms with van der Waals surface area (Å²) < 4.78 is 1.86. The van der Waals surface area contributed by atoms with Crippen LogP contribution in [0.5, 0.6) is 0 Å². The van der Waals surface area contributed by atoms with Gasteiger partial charge in [0.1, 0.15) is 0 Å². The Balaban J connectivity index is 1.98. The summed E-state index contributed by atoms with van der Waals surface area (Å²) in [6.45, 7) is 3.18. The van der Waals surface area contributed by atoms with E-state index >= 15 is 0 Å². The minimum Gasteiger partial charge on any atom is -0.394 e. The number of aromatic nitrogens is 2. The van der Waals surface area contributed by atoms with Gasteiger partial charge in [0.15, 0.2) is 0 Å². The topological polar surface area (TPSA) is 50.1 Å². The molecule has 0 radical (unpaired) electrons. The Hall–Kier alpha value is -0.870. The molecule has 0 amide bonds. The van der Waals surface area contributed by atoms with Gasteiger partial charge in [-0.25, -0.2) is 0 Å². The third-order valence-electron chi connectivity index (χ3n) is 3.14. The van der Waals surface area contributed by atoms with Crippen LogP contribution in [-0.2, 0) is 20.0 Å². The van der Waals surface area contributed by atoms with Gasteiger partial charge in [0.05, 0.1) is 12.3 Å². The second-order valence-corrected chi connectivity index (χ2v) is 4.42. The van der Waals surface area contributed by atoms with Crippen molar-refractivity contribution >= 4 is 0 Å². The van der Waals surface area contributed by atoms with Crippen molar-refractivity contribution in [3.63, 3.8) is 0 Å². The normalized spacial score (nSPS) is 18.1. The van der Waals surface area contributed by atoms with E-state index in [-0.39, 0.29) is 12.1 Å². The molecule has 0 saturated heterocycles. The van der Waals surface area contributed by atoms with E-state index in [4.69, 9.17) is 0 Å². The Morgan fingerprint density at radius 1 is 1.60 bits per heavy atom. The molecular weight excluding hydrogens is 190 g/mol. The molecule has 4 nitrogen and oxygen atoms in total. The molecule has 2 rings (SSSR count). The predicted molar refractivity (Wildman–Crippen MR) is 58.5 cm³/mol. The summed E-state index contributed by atoms with van der Waals surface area (Å²) in [6.07, 6.45) is 5.19. The summed E-state index contributed by atoms with van der Waals surface area (Å²) >= 11 is 0. The highest BCUT2D eigenvalue weighted by molar-refractivity contribution is 5.18. The van der Waals surface area contributed by atoms with E-state index in [1.807, 2.05) is 11.7 Å². The van der Waals surface area contributed by atoms with Gasteiger partial charge in [0, 0.05) is 30.9 Å². The third-order valence-corrected chi connectivity index (χ3v) is 3.14. The lowest BCUT2D eigenvalue weighted by Crippen LogP contribution is -2.34. The first-order valence-corrected chi connectivity index (χ1v) is 5.56. The van der Waals surface area contributed by atoms with Gasteiger partial charge in [-0.05, 0) is 19.3 Å². The molecule has 0 unspecified atom stereocenters. The molecule has 2 N–H and O–H groups in total. The highest BCUT2D eigenvalue weighted by atomic mass is 16.3. The summed E-state index contributed by atoms with van der Waals surface area (Å²) in [5, 5.41) is 17.0. The summed E-state index contributed by atoms with van der Waals surface area (Å²) in [6, 6.07) is 0. The number of nitrogens with one attached hydrogen (secondary N) is 1. The van der Waals surface area contributed by atoms with Gasteiger partial charge >= 0.3 is 0 Å². The number of hydrogen-bond acceptors (Lipinski definition) is 3. The van der Waals surface area contributed by atoms with Crippen molar-refractivity contribution in [3.05, 3.63) is 17.5 Å². The Labute approximate surface area is 90.3 Å². The molecule has 1 aromatic heterocycles. The van der Waals surface area contributed by atoms with E-state index in [9.17, 15) is 5.11 Å². The first-order chi connectivity index (χ1) is 7.19. The lowest BCUT2D eigenvalue weighted by molar-refractivity contribution is 0.229. The Morgan fingerprint density at radius 2 is 2.33 bits per heavy atom. The van der Waals surface area contributed by atoms with Gasteiger partial charge in [-0.3, -0.25) is 4.68 Å². The average Bonchev–Trinajstić information content (AvgIpc) is 2.94. The average molecular weight is 209 g/mol. The monoisotopic (exact) mass is 209 g/mol. The maximum Gasteiger partial charge on any atom is 0.0666 e. The van der Waals surface area contributed by atoms with Crippen LogP contribution in [0.3, 0.4) is 0 Å². The van der Waals surface area contributed by atoms with Gasteiger partial charge < -0.3 is 10.4 Å². The zero-order valence-electron chi connectivity index (χ0n) is 9.45. The Bertz CT molecular complexity index is 342. The number of aliphatic hydroxyl groups is 1. The molecule has 1 fully saturated rings. The molecule has 0 aromatic carbocycles. The number of hydrogen-bond donors (Lipinski definition) is 2. The first-order valence-electron chi connectivity index (χ1n) is 5.56. The SMILES string of the molecule is CCc1nn(C)cc1CNC1(CO)CC1. The Morgan fingerprint density at radius 3 is 2.87 bits per heavy atom. The molecule has 15 heavy (non-hydrogen) atoms. The third kappa shape index (κ3) is 2.21. The fourth-order valence-electron chi connectivity index (χ4n) is 1.85. The molecule has 0 spiro atoms. The zero-order chi connectivity index (χ0) is 10.9. The van der Waals surface area contributed by atoms with Crippen LogP contribution in [0.2, 0.25) is 0 Å². The quantitative estimate of drug-likeness (QED) is 0.746. The van der Waals surface area contributed by atoms with E-state index in [1.165, 1.54) is 5.56 Å². The Kier molecular flexibility index (Phi) is 2.80. The summed E-state index contributed by atoms with van der Waals surface area (Å²) in [7, 11) is 1.95. The largest absolute Gasteiger partial charge is 0.394 e. The van der Waals surface area contributed by atoms with Crippen LogP contribution in [0.15, 0.2) is 6.20 Å². The number of aliphatic hydroxyl groups excluding tert-OH is 1. The maximum atomic E-state index is 9.18. The van der Waals surface area contributed by atoms with Crippen molar-refractivity contribution < 1.29 is 5.11 Å². The van der Waals surface area contributed by atoms with Crippen molar-refractivity contribution in [1.29, 1.82) is 0 Å². The van der Waals surface area contributed by atoms with Crippen molar-refractivity contribution in [1.82, 2.24) is 15.1 Å². The minimum absolute atomic E-state index is 0.0147. The predicted octanol–water partition coefficient (Wildman–Crippen LogP) is 0.597. The van der Waals surface area contributed by atoms with Crippen LogP contribution < -0.4 is 5.32 Å². The highest BCUT2D eigenvalue weighted by Crippen LogP contribution is 2.34. The van der Waals surface area contributed by atoms with E-state index in [2.05, 4.69) is 23.5 Å². The number of nitrogens with zero attached hydrogens (tertiary/aromatic N) is 2. The van der Waals surface area contributed by atoms with Crippen LogP contribution in [0, 0.1) is 0 Å². The molecule has 84 valence electrons. The summed E-state index contributed by atoms with van der Waals surface area (Å²) in [4.78, 5) is 0. The molecule has 1 aromatic rings. The first kappa shape index (κ1) is 10.6. The molecule has 0 atom stereocenters. The highest BCUT2D eigenvalue weighted by Gasteiger charge is 2.41. The standard InChI is InChI=1S/C11H19N3O/c1-3-10-9(7-14(2)13-10)6-12-11(8-15)4-5-11/h7,12,15H,3-6,8H2,1-2H3. The molecule has 1 aliphatic rings. The number of rotatable bonds is 5. The fourth-order valence-corrected chi connectivity index (χ4v) is 1.85. The fraction of sp³-hybridized carbons (Fsp3) is 0.727. The summed E-state index contributed by atoms with van der Waals surface area (Å²) in [5.74, 6) is 0. The van der Waals surface area contributed by atoms with Crippen molar-refractivity contribution in [2.45, 2.75) is 38.3 Å². The van der Waals surface area contributed by atoms with Gasteiger partial charge in [-0.1, -0.05) is 6.92 Å². The molecular formula is C11H19N3O. The zero-order valence-corrected chi connectivity index (χ0v) is 9.45. The van der Waals surface area contributed by atoms with Crippen molar-refractivity contribution in [2.24, 2.45) is 7.05 Å². The maximum absolute atomic E-state index is 9.18. The van der Waals surface area contributed by atoms with Crippen LogP contribution in [0.4, 0.5) is 0 Å². The summed E-state index contributed by atoms with van der Waals surface area (Å²) in [5.41, 5.74) is 2.42.